The lowest BCUT2D eigenvalue weighted by molar-refractivity contribution is -0.385. The third-order valence-corrected chi connectivity index (χ3v) is 2.83. The summed E-state index contributed by atoms with van der Waals surface area (Å²) in [4.78, 5) is 10.4. The molecule has 0 radical (unpaired) electrons. The molecule has 0 unspecified atom stereocenters. The number of ether oxygens (including phenoxy) is 1. The molecule has 2 aromatic carbocycles. The summed E-state index contributed by atoms with van der Waals surface area (Å²) in [5.74, 6) is 0.319. The van der Waals surface area contributed by atoms with E-state index in [9.17, 15) is 10.1 Å². The minimum absolute atomic E-state index is 0.0915. The van der Waals surface area contributed by atoms with Crippen LogP contribution in [0.15, 0.2) is 36.4 Å². The van der Waals surface area contributed by atoms with Crippen LogP contribution in [-0.2, 0) is 0 Å². The molecule has 0 amide bonds. The van der Waals surface area contributed by atoms with Crippen LogP contribution >= 0.6 is 11.6 Å². The molecule has 2 rings (SSSR count). The predicted molar refractivity (Wildman–Crippen MR) is 74.1 cm³/mol. The van der Waals surface area contributed by atoms with Crippen LogP contribution in [0.4, 0.5) is 5.69 Å². The van der Waals surface area contributed by atoms with E-state index in [1.807, 2.05) is 6.07 Å². The molecule has 0 N–H and O–H groups in total. The number of rotatable bonds is 3. The maximum absolute atomic E-state index is 11.0. The molecule has 0 saturated carbocycles. The van der Waals surface area contributed by atoms with Gasteiger partial charge in [-0.15, -0.1) is 0 Å². The number of hydrogen-bond acceptors (Lipinski definition) is 4. The van der Waals surface area contributed by atoms with Gasteiger partial charge in [-0.1, -0.05) is 17.7 Å². The lowest BCUT2D eigenvalue weighted by Gasteiger charge is -2.08. The van der Waals surface area contributed by atoms with Gasteiger partial charge in [-0.05, 0) is 36.8 Å². The number of nitriles is 1. The van der Waals surface area contributed by atoms with Gasteiger partial charge in [-0.2, -0.15) is 5.26 Å². The van der Waals surface area contributed by atoms with Gasteiger partial charge in [-0.3, -0.25) is 10.1 Å². The fourth-order valence-electron chi connectivity index (χ4n) is 1.65. The van der Waals surface area contributed by atoms with Crippen molar-refractivity contribution in [2.45, 2.75) is 6.92 Å². The van der Waals surface area contributed by atoms with Crippen LogP contribution in [0.5, 0.6) is 11.5 Å². The van der Waals surface area contributed by atoms with Crippen LogP contribution in [0.1, 0.15) is 11.1 Å². The van der Waals surface area contributed by atoms with Gasteiger partial charge in [0, 0.05) is 11.1 Å². The maximum atomic E-state index is 11.0. The van der Waals surface area contributed by atoms with Crippen molar-refractivity contribution in [3.63, 3.8) is 0 Å². The van der Waals surface area contributed by atoms with Crippen molar-refractivity contribution in [2.24, 2.45) is 0 Å². The smallest absolute Gasteiger partial charge is 0.311 e. The molecule has 0 saturated heterocycles. The first kappa shape index (κ1) is 13.8. The van der Waals surface area contributed by atoms with Crippen molar-refractivity contribution in [1.29, 1.82) is 5.26 Å². The molecular formula is C14H9ClN2O3. The van der Waals surface area contributed by atoms with Crippen LogP contribution < -0.4 is 4.74 Å². The molecule has 0 aliphatic heterocycles. The lowest BCUT2D eigenvalue weighted by Crippen LogP contribution is -1.95. The average molecular weight is 289 g/mol. The van der Waals surface area contributed by atoms with E-state index in [0.717, 1.165) is 5.56 Å². The highest BCUT2D eigenvalue weighted by atomic mass is 35.5. The summed E-state index contributed by atoms with van der Waals surface area (Å²) in [6.45, 7) is 1.80. The van der Waals surface area contributed by atoms with Crippen molar-refractivity contribution < 1.29 is 9.66 Å². The Kier molecular flexibility index (Phi) is 3.87. The molecule has 0 heterocycles. The van der Waals surface area contributed by atoms with Gasteiger partial charge in [0.25, 0.3) is 0 Å². The minimum atomic E-state index is -0.531. The maximum Gasteiger partial charge on any atom is 0.311 e. The van der Waals surface area contributed by atoms with Crippen LogP contribution in [0.3, 0.4) is 0 Å². The number of benzene rings is 2. The van der Waals surface area contributed by atoms with Crippen molar-refractivity contribution in [1.82, 2.24) is 0 Å². The second kappa shape index (κ2) is 5.59. The first-order valence-corrected chi connectivity index (χ1v) is 6.01. The van der Waals surface area contributed by atoms with Gasteiger partial charge in [0.15, 0.2) is 0 Å². The number of nitro benzene ring substituents is 1. The third-order valence-electron chi connectivity index (χ3n) is 2.59. The van der Waals surface area contributed by atoms with Crippen LogP contribution in [-0.4, -0.2) is 4.92 Å². The van der Waals surface area contributed by atoms with E-state index in [-0.39, 0.29) is 22.7 Å². The van der Waals surface area contributed by atoms with E-state index in [2.05, 4.69) is 0 Å². The van der Waals surface area contributed by atoms with Gasteiger partial charge in [0.05, 0.1) is 10.5 Å². The Hall–Kier alpha value is -2.58. The van der Waals surface area contributed by atoms with Crippen molar-refractivity contribution >= 4 is 17.3 Å². The Labute approximate surface area is 120 Å². The molecule has 0 spiro atoms. The Morgan fingerprint density at radius 2 is 2.00 bits per heavy atom. The van der Waals surface area contributed by atoms with Gasteiger partial charge in [0.1, 0.15) is 11.8 Å². The van der Waals surface area contributed by atoms with E-state index >= 15 is 0 Å². The van der Waals surface area contributed by atoms with E-state index in [4.69, 9.17) is 21.6 Å². The first-order valence-electron chi connectivity index (χ1n) is 5.64. The molecule has 0 bridgehead atoms. The van der Waals surface area contributed by atoms with Crippen molar-refractivity contribution in [3.05, 3.63) is 62.7 Å². The summed E-state index contributed by atoms with van der Waals surface area (Å²) < 4.78 is 5.51. The Bertz CT molecular complexity index is 723. The molecule has 0 aromatic heterocycles. The van der Waals surface area contributed by atoms with Crippen LogP contribution in [0, 0.1) is 28.4 Å². The average Bonchev–Trinajstić information content (AvgIpc) is 2.40. The first-order chi connectivity index (χ1) is 9.51. The zero-order chi connectivity index (χ0) is 14.7. The molecule has 5 nitrogen and oxygen atoms in total. The van der Waals surface area contributed by atoms with E-state index < -0.39 is 4.92 Å². The second-order valence-corrected chi connectivity index (χ2v) is 4.52. The Morgan fingerprint density at radius 1 is 1.25 bits per heavy atom. The third kappa shape index (κ3) is 2.87. The number of nitro groups is 1. The highest BCUT2D eigenvalue weighted by molar-refractivity contribution is 6.30. The van der Waals surface area contributed by atoms with Gasteiger partial charge in [0.2, 0.25) is 5.75 Å². The summed E-state index contributed by atoms with van der Waals surface area (Å²) in [6, 6.07) is 11.0. The fourth-order valence-corrected chi connectivity index (χ4v) is 1.82. The van der Waals surface area contributed by atoms with Crippen LogP contribution in [0.25, 0.3) is 0 Å². The molecule has 6 heteroatoms. The Morgan fingerprint density at radius 3 is 2.65 bits per heavy atom. The topological polar surface area (TPSA) is 76.2 Å². The molecular weight excluding hydrogens is 280 g/mol. The summed E-state index contributed by atoms with van der Waals surface area (Å²) in [5, 5.41) is 20.4. The van der Waals surface area contributed by atoms with Crippen molar-refractivity contribution in [3.8, 4) is 17.6 Å². The fraction of sp³-hybridized carbons (Fsp3) is 0.0714. The normalized spacial score (nSPS) is 9.85. The van der Waals surface area contributed by atoms with E-state index in [1.54, 1.807) is 25.1 Å². The molecule has 0 fully saturated rings. The van der Waals surface area contributed by atoms with Crippen LogP contribution in [0.2, 0.25) is 5.02 Å². The quantitative estimate of drug-likeness (QED) is 0.626. The highest BCUT2D eigenvalue weighted by Crippen LogP contribution is 2.34. The standard InChI is InChI=1S/C14H9ClN2O3/c1-9-2-4-12(17(18)19)14(6-9)20-13-5-3-11(15)7-10(13)8-16/h2-7H,1H3. The minimum Gasteiger partial charge on any atom is -0.449 e. The number of hydrogen-bond donors (Lipinski definition) is 0. The molecule has 100 valence electrons. The molecule has 0 aliphatic carbocycles. The van der Waals surface area contributed by atoms with Gasteiger partial charge >= 0.3 is 5.69 Å². The SMILES string of the molecule is Cc1ccc([N+](=O)[O-])c(Oc2ccc(Cl)cc2C#N)c1. The predicted octanol–water partition coefficient (Wildman–Crippen LogP) is 4.22. The number of nitrogens with zero attached hydrogens (tertiary/aromatic N) is 2. The summed E-state index contributed by atoms with van der Waals surface area (Å²) in [7, 11) is 0. The van der Waals surface area contributed by atoms with Crippen molar-refractivity contribution in [2.75, 3.05) is 0 Å². The monoisotopic (exact) mass is 288 g/mol. The highest BCUT2D eigenvalue weighted by Gasteiger charge is 2.17. The zero-order valence-electron chi connectivity index (χ0n) is 10.5. The Balaban J connectivity index is 2.47. The number of aryl methyl sites for hydroxylation is 1. The van der Waals surface area contributed by atoms with E-state index in [0.29, 0.717) is 5.02 Å². The largest absolute Gasteiger partial charge is 0.449 e. The second-order valence-electron chi connectivity index (χ2n) is 4.08. The summed E-state index contributed by atoms with van der Waals surface area (Å²) in [6.07, 6.45) is 0. The molecule has 2 aromatic rings. The zero-order valence-corrected chi connectivity index (χ0v) is 11.2. The van der Waals surface area contributed by atoms with E-state index in [1.165, 1.54) is 18.2 Å². The number of halogens is 1. The summed E-state index contributed by atoms with van der Waals surface area (Å²) in [5.41, 5.74) is 0.876. The van der Waals surface area contributed by atoms with Gasteiger partial charge in [-0.25, -0.2) is 0 Å². The lowest BCUT2D eigenvalue weighted by atomic mass is 10.2. The summed E-state index contributed by atoms with van der Waals surface area (Å²) >= 11 is 5.79. The molecule has 20 heavy (non-hydrogen) atoms. The van der Waals surface area contributed by atoms with Gasteiger partial charge < -0.3 is 4.74 Å². The molecule has 0 atom stereocenters. The molecule has 0 aliphatic rings.